The molecule has 2 aliphatic rings. The molecule has 78 valence electrons. The van der Waals surface area contributed by atoms with Crippen molar-refractivity contribution in [2.75, 3.05) is 0 Å². The minimum absolute atomic E-state index is 0.334. The van der Waals surface area contributed by atoms with E-state index in [1.165, 1.54) is 12.0 Å². The molecule has 2 rings (SSSR count). The standard InChI is InChI=1S/C13H20O/c1-5-6-11-12(14-11)10-8-7-9(2)13(10,3)4/h5,7,10-12H,1,6,8H2,2-4H3. The fourth-order valence-corrected chi connectivity index (χ4v) is 2.56. The SMILES string of the molecule is C=CCC1OC1C1CC=C(C)C1(C)C. The first-order valence-corrected chi connectivity index (χ1v) is 5.51. The maximum atomic E-state index is 5.72. The summed E-state index contributed by atoms with van der Waals surface area (Å²) in [5.74, 6) is 0.687. The van der Waals surface area contributed by atoms with E-state index in [1.54, 1.807) is 0 Å². The van der Waals surface area contributed by atoms with Crippen LogP contribution in [0, 0.1) is 11.3 Å². The Kier molecular flexibility index (Phi) is 2.30. The van der Waals surface area contributed by atoms with Crippen molar-refractivity contribution < 1.29 is 4.74 Å². The lowest BCUT2D eigenvalue weighted by Crippen LogP contribution is -2.26. The van der Waals surface area contributed by atoms with Crippen LogP contribution in [0.15, 0.2) is 24.3 Å². The number of epoxide rings is 1. The maximum Gasteiger partial charge on any atom is 0.0884 e. The first-order valence-electron chi connectivity index (χ1n) is 5.51. The molecule has 1 aliphatic carbocycles. The molecule has 0 aromatic heterocycles. The molecule has 0 spiro atoms. The summed E-state index contributed by atoms with van der Waals surface area (Å²) in [6.45, 7) is 10.7. The number of ether oxygens (including phenoxy) is 1. The van der Waals surface area contributed by atoms with Gasteiger partial charge in [0, 0.05) is 0 Å². The highest BCUT2D eigenvalue weighted by molar-refractivity contribution is 5.21. The van der Waals surface area contributed by atoms with Gasteiger partial charge in [-0.25, -0.2) is 0 Å². The third-order valence-corrected chi connectivity index (χ3v) is 4.04. The molecule has 1 nitrogen and oxygen atoms in total. The van der Waals surface area contributed by atoms with Gasteiger partial charge < -0.3 is 4.74 Å². The largest absolute Gasteiger partial charge is 0.369 e. The van der Waals surface area contributed by atoms with Crippen molar-refractivity contribution in [1.29, 1.82) is 0 Å². The molecule has 1 heteroatoms. The van der Waals surface area contributed by atoms with Crippen molar-refractivity contribution in [1.82, 2.24) is 0 Å². The average molecular weight is 192 g/mol. The first-order chi connectivity index (χ1) is 6.57. The van der Waals surface area contributed by atoms with Gasteiger partial charge in [-0.1, -0.05) is 31.6 Å². The van der Waals surface area contributed by atoms with Crippen LogP contribution in [0.2, 0.25) is 0 Å². The second-order valence-electron chi connectivity index (χ2n) is 5.11. The lowest BCUT2D eigenvalue weighted by Gasteiger charge is -2.28. The first kappa shape index (κ1) is 9.97. The summed E-state index contributed by atoms with van der Waals surface area (Å²) in [6, 6.07) is 0. The molecule has 0 bridgehead atoms. The Labute approximate surface area is 86.8 Å². The smallest absolute Gasteiger partial charge is 0.0884 e. The average Bonchev–Trinajstić information content (AvgIpc) is 2.79. The summed E-state index contributed by atoms with van der Waals surface area (Å²) in [6.07, 6.45) is 7.48. The molecule has 0 amide bonds. The van der Waals surface area contributed by atoms with Crippen LogP contribution in [-0.2, 0) is 4.74 Å². The van der Waals surface area contributed by atoms with Crippen LogP contribution in [0.4, 0.5) is 0 Å². The molecule has 0 N–H and O–H groups in total. The summed E-state index contributed by atoms with van der Waals surface area (Å²) >= 11 is 0. The van der Waals surface area contributed by atoms with Crippen molar-refractivity contribution >= 4 is 0 Å². The van der Waals surface area contributed by atoms with E-state index >= 15 is 0 Å². The number of rotatable bonds is 3. The zero-order chi connectivity index (χ0) is 10.3. The van der Waals surface area contributed by atoms with Crippen molar-refractivity contribution in [3.8, 4) is 0 Å². The van der Waals surface area contributed by atoms with Crippen LogP contribution in [-0.4, -0.2) is 12.2 Å². The van der Waals surface area contributed by atoms with Crippen LogP contribution < -0.4 is 0 Å². The van der Waals surface area contributed by atoms with Gasteiger partial charge in [-0.2, -0.15) is 0 Å². The predicted molar refractivity (Wildman–Crippen MR) is 59.1 cm³/mol. The Morgan fingerprint density at radius 3 is 2.86 bits per heavy atom. The highest BCUT2D eigenvalue weighted by atomic mass is 16.6. The number of allylic oxidation sites excluding steroid dienone is 2. The van der Waals surface area contributed by atoms with E-state index in [9.17, 15) is 0 Å². The molecule has 0 radical (unpaired) electrons. The lowest BCUT2D eigenvalue weighted by atomic mass is 9.75. The quantitative estimate of drug-likeness (QED) is 0.493. The summed E-state index contributed by atoms with van der Waals surface area (Å²) < 4.78 is 5.72. The van der Waals surface area contributed by atoms with Crippen LogP contribution in [0.3, 0.4) is 0 Å². The van der Waals surface area contributed by atoms with E-state index in [0.29, 0.717) is 23.5 Å². The molecule has 3 atom stereocenters. The molecule has 14 heavy (non-hydrogen) atoms. The predicted octanol–water partition coefficient (Wildman–Crippen LogP) is 3.32. The van der Waals surface area contributed by atoms with Crippen LogP contribution in [0.5, 0.6) is 0 Å². The Balaban J connectivity index is 1.99. The van der Waals surface area contributed by atoms with Gasteiger partial charge >= 0.3 is 0 Å². The third-order valence-electron chi connectivity index (χ3n) is 4.04. The van der Waals surface area contributed by atoms with Crippen molar-refractivity contribution in [3.63, 3.8) is 0 Å². The molecular formula is C13H20O. The molecule has 1 aliphatic heterocycles. The molecule has 1 fully saturated rings. The maximum absolute atomic E-state index is 5.72. The van der Waals surface area contributed by atoms with E-state index in [1.807, 2.05) is 6.08 Å². The Hall–Kier alpha value is -0.560. The van der Waals surface area contributed by atoms with E-state index in [0.717, 1.165) is 6.42 Å². The van der Waals surface area contributed by atoms with Crippen LogP contribution in [0.1, 0.15) is 33.6 Å². The lowest BCUT2D eigenvalue weighted by molar-refractivity contribution is 0.220. The highest BCUT2D eigenvalue weighted by Gasteiger charge is 2.51. The van der Waals surface area contributed by atoms with Gasteiger partial charge in [0.1, 0.15) is 0 Å². The minimum atomic E-state index is 0.334. The molecule has 3 unspecified atom stereocenters. The Morgan fingerprint density at radius 2 is 2.36 bits per heavy atom. The zero-order valence-corrected chi connectivity index (χ0v) is 9.42. The molecule has 0 aromatic carbocycles. The minimum Gasteiger partial charge on any atom is -0.369 e. The van der Waals surface area contributed by atoms with Gasteiger partial charge in [-0.05, 0) is 31.1 Å². The normalized spacial score (nSPS) is 39.4. The van der Waals surface area contributed by atoms with E-state index in [-0.39, 0.29) is 0 Å². The van der Waals surface area contributed by atoms with E-state index in [4.69, 9.17) is 4.74 Å². The van der Waals surface area contributed by atoms with Gasteiger partial charge in [0.2, 0.25) is 0 Å². The van der Waals surface area contributed by atoms with Crippen LogP contribution in [0.25, 0.3) is 0 Å². The van der Waals surface area contributed by atoms with Crippen LogP contribution >= 0.6 is 0 Å². The van der Waals surface area contributed by atoms with Gasteiger partial charge in [0.05, 0.1) is 12.2 Å². The van der Waals surface area contributed by atoms with Gasteiger partial charge in [-0.3, -0.25) is 0 Å². The second-order valence-corrected chi connectivity index (χ2v) is 5.11. The molecule has 0 aromatic rings. The fourth-order valence-electron chi connectivity index (χ4n) is 2.56. The Morgan fingerprint density at radius 1 is 1.64 bits per heavy atom. The summed E-state index contributed by atoms with van der Waals surface area (Å²) in [7, 11) is 0. The molecular weight excluding hydrogens is 172 g/mol. The van der Waals surface area contributed by atoms with E-state index in [2.05, 4.69) is 33.4 Å². The second kappa shape index (κ2) is 3.23. The summed E-state index contributed by atoms with van der Waals surface area (Å²) in [5, 5.41) is 0. The van der Waals surface area contributed by atoms with Crippen molar-refractivity contribution in [2.24, 2.45) is 11.3 Å². The zero-order valence-electron chi connectivity index (χ0n) is 9.42. The highest BCUT2D eigenvalue weighted by Crippen LogP contribution is 2.50. The molecule has 0 saturated carbocycles. The summed E-state index contributed by atoms with van der Waals surface area (Å²) in [5.41, 5.74) is 1.86. The van der Waals surface area contributed by atoms with E-state index < -0.39 is 0 Å². The van der Waals surface area contributed by atoms with Gasteiger partial charge in [0.25, 0.3) is 0 Å². The molecule has 1 saturated heterocycles. The Bertz CT molecular complexity index is 275. The third kappa shape index (κ3) is 1.44. The number of hydrogen-bond donors (Lipinski definition) is 0. The number of hydrogen-bond acceptors (Lipinski definition) is 1. The van der Waals surface area contributed by atoms with Crippen molar-refractivity contribution in [2.45, 2.75) is 45.8 Å². The molecule has 1 heterocycles. The fraction of sp³-hybridized carbons (Fsp3) is 0.692. The topological polar surface area (TPSA) is 12.5 Å². The van der Waals surface area contributed by atoms with Crippen molar-refractivity contribution in [3.05, 3.63) is 24.3 Å². The summed E-state index contributed by atoms with van der Waals surface area (Å²) in [4.78, 5) is 0. The van der Waals surface area contributed by atoms with Gasteiger partial charge in [0.15, 0.2) is 0 Å². The van der Waals surface area contributed by atoms with Gasteiger partial charge in [-0.15, -0.1) is 6.58 Å². The monoisotopic (exact) mass is 192 g/mol.